The Morgan fingerprint density at radius 3 is 2.64 bits per heavy atom. The fourth-order valence-corrected chi connectivity index (χ4v) is 4.08. The molecule has 0 fully saturated rings. The minimum absolute atomic E-state index is 0.00421. The first kappa shape index (κ1) is 23.2. The molecule has 3 N–H and O–H groups in total. The Morgan fingerprint density at radius 1 is 1.03 bits per heavy atom. The zero-order chi connectivity index (χ0) is 25.4. The van der Waals surface area contributed by atoms with Crippen LogP contribution < -0.4 is 16.2 Å². The van der Waals surface area contributed by atoms with Gasteiger partial charge in [0.25, 0.3) is 5.56 Å². The number of aromatic amines is 1. The third kappa shape index (κ3) is 4.52. The Labute approximate surface area is 202 Å². The molecule has 10 heteroatoms. The van der Waals surface area contributed by atoms with Crippen LogP contribution in [-0.2, 0) is 17.5 Å². The van der Waals surface area contributed by atoms with Crippen LogP contribution in [0, 0.1) is 6.92 Å². The SMILES string of the molecule is Cc1n[nH]c2cc(Nc3cccc4ccn(CC(=O)Nc5cccc(C(F)(F)F)c5)c(=O)c34)ccc12. The van der Waals surface area contributed by atoms with Gasteiger partial charge in [0.15, 0.2) is 0 Å². The standard InChI is InChI=1S/C26H20F3N5O2/c1-15-20-9-8-19(13-22(20)33-32-15)30-21-7-2-4-16-10-11-34(25(36)24(16)21)14-23(35)31-18-6-3-5-17(12-18)26(27,28)29/h2-13,30H,14H2,1H3,(H,31,35)(H,32,33). The summed E-state index contributed by atoms with van der Waals surface area (Å²) in [4.78, 5) is 25.9. The molecule has 5 rings (SSSR count). The van der Waals surface area contributed by atoms with Crippen molar-refractivity contribution in [3.05, 3.63) is 94.5 Å². The first-order chi connectivity index (χ1) is 17.2. The van der Waals surface area contributed by atoms with Crippen LogP contribution in [0.4, 0.5) is 30.2 Å². The Kier molecular flexibility index (Phi) is 5.71. The van der Waals surface area contributed by atoms with Crippen LogP contribution in [0.25, 0.3) is 21.7 Å². The lowest BCUT2D eigenvalue weighted by Crippen LogP contribution is -2.27. The van der Waals surface area contributed by atoms with E-state index >= 15 is 0 Å². The normalized spacial score (nSPS) is 11.7. The van der Waals surface area contributed by atoms with E-state index in [9.17, 15) is 22.8 Å². The summed E-state index contributed by atoms with van der Waals surface area (Å²) in [5, 5.41) is 14.9. The van der Waals surface area contributed by atoms with Crippen LogP contribution in [0.15, 0.2) is 77.7 Å². The highest BCUT2D eigenvalue weighted by Crippen LogP contribution is 2.31. The summed E-state index contributed by atoms with van der Waals surface area (Å²) < 4.78 is 40.1. The van der Waals surface area contributed by atoms with E-state index in [2.05, 4.69) is 20.8 Å². The second-order valence-electron chi connectivity index (χ2n) is 8.34. The summed E-state index contributed by atoms with van der Waals surface area (Å²) in [5.41, 5.74) is 1.75. The molecule has 0 aliphatic carbocycles. The number of halogens is 3. The van der Waals surface area contributed by atoms with E-state index in [-0.39, 0.29) is 12.2 Å². The van der Waals surface area contributed by atoms with Gasteiger partial charge in [-0.3, -0.25) is 14.7 Å². The average molecular weight is 491 g/mol. The lowest BCUT2D eigenvalue weighted by atomic mass is 10.1. The number of aromatic nitrogens is 3. The average Bonchev–Trinajstić information content (AvgIpc) is 3.20. The number of fused-ring (bicyclic) bond motifs is 2. The molecule has 0 atom stereocenters. The van der Waals surface area contributed by atoms with Crippen molar-refractivity contribution in [2.45, 2.75) is 19.6 Å². The molecule has 0 radical (unpaired) electrons. The number of nitrogens with zero attached hydrogens (tertiary/aromatic N) is 2. The Hall–Kier alpha value is -4.60. The molecule has 3 aromatic carbocycles. The monoisotopic (exact) mass is 491 g/mol. The molecule has 0 saturated heterocycles. The second kappa shape index (κ2) is 8.88. The van der Waals surface area contributed by atoms with Crippen molar-refractivity contribution in [2.75, 3.05) is 10.6 Å². The van der Waals surface area contributed by atoms with Crippen molar-refractivity contribution in [2.24, 2.45) is 0 Å². The number of carbonyl (C=O) groups excluding carboxylic acids is 1. The maximum absolute atomic E-state index is 13.3. The van der Waals surface area contributed by atoms with Crippen molar-refractivity contribution in [3.8, 4) is 0 Å². The molecule has 182 valence electrons. The number of pyridine rings is 1. The number of anilines is 3. The van der Waals surface area contributed by atoms with Gasteiger partial charge in [-0.25, -0.2) is 0 Å². The number of H-pyrrole nitrogens is 1. The van der Waals surface area contributed by atoms with Crippen LogP contribution >= 0.6 is 0 Å². The second-order valence-corrected chi connectivity index (χ2v) is 8.34. The number of amides is 1. The minimum Gasteiger partial charge on any atom is -0.355 e. The van der Waals surface area contributed by atoms with Crippen molar-refractivity contribution >= 4 is 44.6 Å². The van der Waals surface area contributed by atoms with Crippen LogP contribution in [0.2, 0.25) is 0 Å². The first-order valence-corrected chi connectivity index (χ1v) is 11.0. The molecule has 5 aromatic rings. The van der Waals surface area contributed by atoms with Gasteiger partial charge in [-0.2, -0.15) is 18.3 Å². The molecule has 0 unspecified atom stereocenters. The molecule has 2 aromatic heterocycles. The molecule has 0 aliphatic heterocycles. The zero-order valence-electron chi connectivity index (χ0n) is 19.0. The van der Waals surface area contributed by atoms with E-state index in [4.69, 9.17) is 0 Å². The number of hydrogen-bond acceptors (Lipinski definition) is 4. The van der Waals surface area contributed by atoms with Crippen LogP contribution in [0.1, 0.15) is 11.3 Å². The first-order valence-electron chi connectivity index (χ1n) is 11.0. The quantitative estimate of drug-likeness (QED) is 0.299. The molecule has 36 heavy (non-hydrogen) atoms. The number of benzene rings is 3. The van der Waals surface area contributed by atoms with E-state index < -0.39 is 23.2 Å². The van der Waals surface area contributed by atoms with Gasteiger partial charge in [0.2, 0.25) is 5.91 Å². The van der Waals surface area contributed by atoms with Crippen molar-refractivity contribution < 1.29 is 18.0 Å². The third-order valence-electron chi connectivity index (χ3n) is 5.83. The van der Waals surface area contributed by atoms with Crippen LogP contribution in [0.5, 0.6) is 0 Å². The van der Waals surface area contributed by atoms with Gasteiger partial charge in [-0.15, -0.1) is 0 Å². The number of nitrogens with one attached hydrogen (secondary N) is 3. The number of aryl methyl sites for hydroxylation is 1. The van der Waals surface area contributed by atoms with Gasteiger partial charge in [-0.1, -0.05) is 18.2 Å². The predicted molar refractivity (Wildman–Crippen MR) is 132 cm³/mol. The summed E-state index contributed by atoms with van der Waals surface area (Å²) in [7, 11) is 0. The molecular weight excluding hydrogens is 471 g/mol. The Balaban J connectivity index is 1.42. The number of hydrogen-bond donors (Lipinski definition) is 3. The topological polar surface area (TPSA) is 91.8 Å². The lowest BCUT2D eigenvalue weighted by Gasteiger charge is -2.13. The lowest BCUT2D eigenvalue weighted by molar-refractivity contribution is -0.137. The van der Waals surface area contributed by atoms with Crippen LogP contribution in [0.3, 0.4) is 0 Å². The van der Waals surface area contributed by atoms with E-state index in [0.29, 0.717) is 16.5 Å². The fourth-order valence-electron chi connectivity index (χ4n) is 4.08. The van der Waals surface area contributed by atoms with E-state index in [1.54, 1.807) is 18.2 Å². The Morgan fingerprint density at radius 2 is 1.83 bits per heavy atom. The van der Waals surface area contributed by atoms with Gasteiger partial charge in [0.1, 0.15) is 6.54 Å². The third-order valence-corrected chi connectivity index (χ3v) is 5.83. The van der Waals surface area contributed by atoms with Crippen molar-refractivity contribution in [3.63, 3.8) is 0 Å². The summed E-state index contributed by atoms with van der Waals surface area (Å²) in [6, 6.07) is 17.1. The summed E-state index contributed by atoms with van der Waals surface area (Å²) >= 11 is 0. The molecule has 0 aliphatic rings. The number of carbonyl (C=O) groups is 1. The molecule has 7 nitrogen and oxygen atoms in total. The molecule has 0 saturated carbocycles. The largest absolute Gasteiger partial charge is 0.416 e. The van der Waals surface area contributed by atoms with Gasteiger partial charge < -0.3 is 15.2 Å². The molecular formula is C26H20F3N5O2. The zero-order valence-corrected chi connectivity index (χ0v) is 19.0. The summed E-state index contributed by atoms with van der Waals surface area (Å²) in [6.45, 7) is 1.54. The fraction of sp³-hybridized carbons (Fsp3) is 0.115. The van der Waals surface area contributed by atoms with Gasteiger partial charge in [0, 0.05) is 23.0 Å². The van der Waals surface area contributed by atoms with E-state index in [0.717, 1.165) is 34.4 Å². The molecule has 0 spiro atoms. The molecule has 2 heterocycles. The van der Waals surface area contributed by atoms with Gasteiger partial charge in [-0.05, 0) is 60.8 Å². The predicted octanol–water partition coefficient (Wildman–Crippen LogP) is 5.59. The number of alkyl halides is 3. The van der Waals surface area contributed by atoms with Crippen LogP contribution in [-0.4, -0.2) is 20.7 Å². The van der Waals surface area contributed by atoms with Crippen molar-refractivity contribution in [1.29, 1.82) is 0 Å². The molecule has 1 amide bonds. The van der Waals surface area contributed by atoms with Gasteiger partial charge >= 0.3 is 6.18 Å². The van der Waals surface area contributed by atoms with E-state index in [1.165, 1.54) is 22.9 Å². The maximum atomic E-state index is 13.3. The molecule has 0 bridgehead atoms. The maximum Gasteiger partial charge on any atom is 0.416 e. The van der Waals surface area contributed by atoms with E-state index in [1.807, 2.05) is 31.2 Å². The highest BCUT2D eigenvalue weighted by molar-refractivity contribution is 5.96. The van der Waals surface area contributed by atoms with Gasteiger partial charge in [0.05, 0.1) is 27.8 Å². The highest BCUT2D eigenvalue weighted by atomic mass is 19.4. The smallest absolute Gasteiger partial charge is 0.355 e. The summed E-state index contributed by atoms with van der Waals surface area (Å²) in [6.07, 6.45) is -3.04. The van der Waals surface area contributed by atoms with Crippen molar-refractivity contribution in [1.82, 2.24) is 14.8 Å². The minimum atomic E-state index is -4.53. The highest BCUT2D eigenvalue weighted by Gasteiger charge is 2.30. The summed E-state index contributed by atoms with van der Waals surface area (Å²) in [5.74, 6) is -0.624. The number of rotatable bonds is 5. The Bertz CT molecular complexity index is 1670.